The van der Waals surface area contributed by atoms with Gasteiger partial charge in [-0.25, -0.2) is 4.57 Å². The van der Waals surface area contributed by atoms with Crippen LogP contribution in [-0.2, 0) is 32.7 Å². The molecule has 0 aromatic carbocycles. The minimum absolute atomic E-state index is 0.0370. The Hall–Kier alpha value is -2.81. The van der Waals surface area contributed by atoms with Gasteiger partial charge in [-0.15, -0.1) is 0 Å². The van der Waals surface area contributed by atoms with E-state index in [4.69, 9.17) is 24.3 Å². The molecule has 9 nitrogen and oxygen atoms in total. The second-order valence-electron chi connectivity index (χ2n) is 12.9. The minimum atomic E-state index is -4.40. The van der Waals surface area contributed by atoms with Crippen LogP contribution >= 0.6 is 7.82 Å². The second-order valence-corrected chi connectivity index (χ2v) is 14.4. The number of carbonyl (C=O) groups is 2. The maximum atomic E-state index is 12.5. The van der Waals surface area contributed by atoms with Crippen LogP contribution in [-0.4, -0.2) is 49.3 Å². The average molecular weight is 762 g/mol. The van der Waals surface area contributed by atoms with Gasteiger partial charge in [-0.3, -0.25) is 18.6 Å². The van der Waals surface area contributed by atoms with Gasteiger partial charge in [0.2, 0.25) is 0 Å². The molecule has 0 aliphatic heterocycles. The van der Waals surface area contributed by atoms with E-state index in [1.807, 2.05) is 54.7 Å². The van der Waals surface area contributed by atoms with Gasteiger partial charge in [-0.2, -0.15) is 0 Å². The Morgan fingerprint density at radius 1 is 0.585 bits per heavy atom. The second kappa shape index (κ2) is 38.9. The summed E-state index contributed by atoms with van der Waals surface area (Å²) >= 11 is 0. The van der Waals surface area contributed by atoms with Crippen LogP contribution < -0.4 is 5.73 Å². The van der Waals surface area contributed by atoms with Crippen LogP contribution in [0.4, 0.5) is 0 Å². The summed E-state index contributed by atoms with van der Waals surface area (Å²) in [5, 5.41) is 0. The number of phosphoric ester groups is 1. The molecule has 53 heavy (non-hydrogen) atoms. The molecule has 0 bridgehead atoms. The molecule has 2 atom stereocenters. The SMILES string of the molecule is CC/C=C/C=C/C=C/C=C/C=C/CCCC(=O)OC(COC(=O)CCCCCCCCCCCC/C=C/C=C/CCCCC)COP(=O)(O)OCCN. The first-order chi connectivity index (χ1) is 25.8. The van der Waals surface area contributed by atoms with Crippen LogP contribution in [0.5, 0.6) is 0 Å². The zero-order chi connectivity index (χ0) is 38.9. The maximum absolute atomic E-state index is 12.5. The van der Waals surface area contributed by atoms with Gasteiger partial charge in [0, 0.05) is 19.4 Å². The highest BCUT2D eigenvalue weighted by atomic mass is 31.2. The predicted molar refractivity (Wildman–Crippen MR) is 219 cm³/mol. The Morgan fingerprint density at radius 3 is 1.62 bits per heavy atom. The van der Waals surface area contributed by atoms with Gasteiger partial charge in [0.15, 0.2) is 6.10 Å². The minimum Gasteiger partial charge on any atom is -0.462 e. The van der Waals surface area contributed by atoms with Crippen molar-refractivity contribution in [2.24, 2.45) is 5.73 Å². The highest BCUT2D eigenvalue weighted by Gasteiger charge is 2.25. The molecule has 0 aromatic rings. The van der Waals surface area contributed by atoms with E-state index in [2.05, 4.69) is 44.2 Å². The van der Waals surface area contributed by atoms with E-state index >= 15 is 0 Å². The first-order valence-corrected chi connectivity index (χ1v) is 21.6. The Labute approximate surface area is 322 Å². The molecule has 0 spiro atoms. The summed E-state index contributed by atoms with van der Waals surface area (Å²) in [6.07, 6.45) is 47.7. The summed E-state index contributed by atoms with van der Waals surface area (Å²) in [5.41, 5.74) is 5.33. The van der Waals surface area contributed by atoms with Gasteiger partial charge < -0.3 is 20.1 Å². The maximum Gasteiger partial charge on any atom is 0.472 e. The molecule has 0 saturated heterocycles. The molecule has 0 fully saturated rings. The number of esters is 2. The lowest BCUT2D eigenvalue weighted by Crippen LogP contribution is -2.29. The summed E-state index contributed by atoms with van der Waals surface area (Å²) in [6.45, 7) is 3.44. The van der Waals surface area contributed by atoms with Crippen molar-refractivity contribution in [2.45, 2.75) is 148 Å². The lowest BCUT2D eigenvalue weighted by molar-refractivity contribution is -0.161. The van der Waals surface area contributed by atoms with E-state index < -0.39 is 32.5 Å². The van der Waals surface area contributed by atoms with Crippen molar-refractivity contribution >= 4 is 19.8 Å². The smallest absolute Gasteiger partial charge is 0.462 e. The Balaban J connectivity index is 4.26. The lowest BCUT2D eigenvalue weighted by Gasteiger charge is -2.19. The number of unbranched alkanes of at least 4 members (excludes halogenated alkanes) is 14. The third kappa shape index (κ3) is 38.7. The number of rotatable bonds is 36. The van der Waals surface area contributed by atoms with Crippen molar-refractivity contribution < 1.29 is 37.6 Å². The summed E-state index contributed by atoms with van der Waals surface area (Å²) in [6, 6.07) is 0. The molecule has 0 heterocycles. The number of hydrogen-bond donors (Lipinski definition) is 2. The quantitative estimate of drug-likeness (QED) is 0.0277. The molecule has 0 amide bonds. The molecule has 3 N–H and O–H groups in total. The number of hydrogen-bond acceptors (Lipinski definition) is 8. The number of ether oxygens (including phenoxy) is 2. The van der Waals surface area contributed by atoms with Gasteiger partial charge in [0.05, 0.1) is 13.2 Å². The van der Waals surface area contributed by atoms with Crippen molar-refractivity contribution in [3.63, 3.8) is 0 Å². The normalized spacial score (nSPS) is 14.3. The van der Waals surface area contributed by atoms with Gasteiger partial charge in [0.1, 0.15) is 6.61 Å². The van der Waals surface area contributed by atoms with Crippen molar-refractivity contribution in [1.29, 1.82) is 0 Å². The fourth-order valence-electron chi connectivity index (χ4n) is 4.95. The van der Waals surface area contributed by atoms with Crippen LogP contribution in [0.3, 0.4) is 0 Å². The van der Waals surface area contributed by atoms with E-state index in [0.717, 1.165) is 32.1 Å². The zero-order valence-corrected chi connectivity index (χ0v) is 33.9. The standard InChI is InChI=1S/C43H72NO8P/c1-3-5-7-9-11-13-15-17-18-19-20-21-22-24-25-27-29-31-33-35-42(45)49-39-41(40-51-53(47,48)50-38-37-44)52-43(46)36-34-32-30-28-26-23-16-14-12-10-8-6-4-2/h6,8,10-17,23,26,28,30,41H,3-5,7,9,18-22,24-25,27,29,31-40,44H2,1-2H3,(H,47,48)/b8-6+,12-10+,13-11+,16-14+,17-15+,26-23+,30-28+. The highest BCUT2D eigenvalue weighted by molar-refractivity contribution is 7.47. The fourth-order valence-corrected chi connectivity index (χ4v) is 5.71. The predicted octanol–water partition coefficient (Wildman–Crippen LogP) is 11.3. The summed E-state index contributed by atoms with van der Waals surface area (Å²) < 4.78 is 32.6. The van der Waals surface area contributed by atoms with Crippen molar-refractivity contribution in [2.75, 3.05) is 26.4 Å². The molecular weight excluding hydrogens is 689 g/mol. The van der Waals surface area contributed by atoms with Gasteiger partial charge in [0.25, 0.3) is 0 Å². The first kappa shape index (κ1) is 50.2. The molecule has 0 aromatic heterocycles. The van der Waals surface area contributed by atoms with Gasteiger partial charge >= 0.3 is 19.8 Å². The summed E-state index contributed by atoms with van der Waals surface area (Å²) in [5.74, 6) is -0.928. The summed E-state index contributed by atoms with van der Waals surface area (Å²) in [7, 11) is -4.40. The van der Waals surface area contributed by atoms with Crippen molar-refractivity contribution in [1.82, 2.24) is 0 Å². The number of carbonyl (C=O) groups excluding carboxylic acids is 2. The fraction of sp³-hybridized carbons (Fsp3) is 0.628. The van der Waals surface area contributed by atoms with Crippen LogP contribution in [0, 0.1) is 0 Å². The number of phosphoric acid groups is 1. The molecule has 0 saturated carbocycles. The summed E-state index contributed by atoms with van der Waals surface area (Å²) in [4.78, 5) is 34.7. The van der Waals surface area contributed by atoms with E-state index in [1.165, 1.54) is 64.2 Å². The number of nitrogens with two attached hydrogens (primary N) is 1. The molecule has 2 unspecified atom stereocenters. The van der Waals surface area contributed by atoms with E-state index in [0.29, 0.717) is 19.3 Å². The van der Waals surface area contributed by atoms with Crippen LogP contribution in [0.2, 0.25) is 0 Å². The lowest BCUT2D eigenvalue weighted by atomic mass is 10.1. The van der Waals surface area contributed by atoms with Crippen LogP contribution in [0.15, 0.2) is 85.1 Å². The third-order valence-corrected chi connectivity index (χ3v) is 8.91. The largest absolute Gasteiger partial charge is 0.472 e. The van der Waals surface area contributed by atoms with Crippen molar-refractivity contribution in [3.8, 4) is 0 Å². The van der Waals surface area contributed by atoms with Crippen molar-refractivity contribution in [3.05, 3.63) is 85.1 Å². The van der Waals surface area contributed by atoms with Gasteiger partial charge in [-0.05, 0) is 51.4 Å². The zero-order valence-electron chi connectivity index (χ0n) is 33.0. The topological polar surface area (TPSA) is 134 Å². The first-order valence-electron chi connectivity index (χ1n) is 20.1. The third-order valence-electron chi connectivity index (χ3n) is 7.92. The monoisotopic (exact) mass is 761 g/mol. The molecule has 0 aliphatic rings. The Kier molecular flexibility index (Phi) is 36.8. The Bertz CT molecular complexity index is 1140. The van der Waals surface area contributed by atoms with E-state index in [1.54, 1.807) is 0 Å². The van der Waals surface area contributed by atoms with Crippen LogP contribution in [0.25, 0.3) is 0 Å². The van der Waals surface area contributed by atoms with Gasteiger partial charge in [-0.1, -0.05) is 163 Å². The number of allylic oxidation sites excluding steroid dienone is 14. The Morgan fingerprint density at radius 2 is 1.06 bits per heavy atom. The average Bonchev–Trinajstić information content (AvgIpc) is 3.14. The molecule has 302 valence electrons. The highest BCUT2D eigenvalue weighted by Crippen LogP contribution is 2.43. The van der Waals surface area contributed by atoms with Crippen LogP contribution in [0.1, 0.15) is 142 Å². The molecule has 0 radical (unpaired) electrons. The molecule has 0 rings (SSSR count). The molecular formula is C43H72NO8P. The molecule has 10 heteroatoms. The van der Waals surface area contributed by atoms with E-state index in [-0.39, 0.29) is 32.6 Å². The molecule has 0 aliphatic carbocycles. The van der Waals surface area contributed by atoms with E-state index in [9.17, 15) is 19.0 Å².